The first-order chi connectivity index (χ1) is 10.6. The third-order valence-electron chi connectivity index (χ3n) is 4.71. The first-order valence-corrected chi connectivity index (χ1v) is 8.20. The fraction of sp³-hybridized carbons (Fsp3) is 0.474. The zero-order chi connectivity index (χ0) is 15.7. The van der Waals surface area contributed by atoms with E-state index >= 15 is 0 Å². The Morgan fingerprint density at radius 1 is 1.14 bits per heavy atom. The highest BCUT2D eigenvalue weighted by Gasteiger charge is 2.33. The molecule has 0 spiro atoms. The molecular formula is C19H23NO2. The lowest BCUT2D eigenvalue weighted by molar-refractivity contribution is -0.144. The van der Waals surface area contributed by atoms with E-state index in [-0.39, 0.29) is 11.8 Å². The summed E-state index contributed by atoms with van der Waals surface area (Å²) in [7, 11) is 0. The van der Waals surface area contributed by atoms with Gasteiger partial charge < -0.3 is 0 Å². The van der Waals surface area contributed by atoms with Crippen molar-refractivity contribution in [2.45, 2.75) is 58.4 Å². The molecule has 0 N–H and O–H groups in total. The monoisotopic (exact) mass is 297 g/mol. The summed E-state index contributed by atoms with van der Waals surface area (Å²) in [6.07, 6.45) is 4.36. The zero-order valence-electron chi connectivity index (χ0n) is 13.4. The molecule has 1 heterocycles. The summed E-state index contributed by atoms with van der Waals surface area (Å²) in [5.41, 5.74) is 4.28. The van der Waals surface area contributed by atoms with E-state index in [9.17, 15) is 9.59 Å². The first-order valence-electron chi connectivity index (χ1n) is 8.20. The van der Waals surface area contributed by atoms with Crippen LogP contribution in [0.5, 0.6) is 0 Å². The Labute approximate surface area is 132 Å². The SMILES string of the molecule is CC(C)c1cccc(CN2C(=O)CC3=C(CCCC3)C2=O)c1. The van der Waals surface area contributed by atoms with E-state index in [1.165, 1.54) is 10.5 Å². The molecule has 3 nitrogen and oxygen atoms in total. The van der Waals surface area contributed by atoms with Gasteiger partial charge in [0.1, 0.15) is 0 Å². The van der Waals surface area contributed by atoms with Gasteiger partial charge in [-0.05, 0) is 42.7 Å². The van der Waals surface area contributed by atoms with Gasteiger partial charge in [0, 0.05) is 12.0 Å². The van der Waals surface area contributed by atoms with Crippen LogP contribution < -0.4 is 0 Å². The summed E-state index contributed by atoms with van der Waals surface area (Å²) in [6, 6.07) is 8.21. The second-order valence-electron chi connectivity index (χ2n) is 6.65. The molecule has 1 aromatic carbocycles. The third-order valence-corrected chi connectivity index (χ3v) is 4.71. The standard InChI is InChI=1S/C19H23NO2/c1-13(2)15-8-5-6-14(10-15)12-20-18(21)11-16-7-3-4-9-17(16)19(20)22/h5-6,8,10,13H,3-4,7,9,11-12H2,1-2H3. The van der Waals surface area contributed by atoms with Gasteiger partial charge in [-0.15, -0.1) is 0 Å². The van der Waals surface area contributed by atoms with Crippen molar-refractivity contribution in [3.05, 3.63) is 46.5 Å². The lowest BCUT2D eigenvalue weighted by atomic mass is 9.86. The molecule has 22 heavy (non-hydrogen) atoms. The summed E-state index contributed by atoms with van der Waals surface area (Å²) in [5.74, 6) is 0.349. The smallest absolute Gasteiger partial charge is 0.256 e. The molecule has 0 fully saturated rings. The van der Waals surface area contributed by atoms with Crippen LogP contribution in [0, 0.1) is 0 Å². The van der Waals surface area contributed by atoms with Gasteiger partial charge in [-0.1, -0.05) is 43.7 Å². The van der Waals surface area contributed by atoms with Gasteiger partial charge in [-0.2, -0.15) is 0 Å². The Morgan fingerprint density at radius 3 is 2.68 bits per heavy atom. The van der Waals surface area contributed by atoms with Crippen LogP contribution in [0.4, 0.5) is 0 Å². The summed E-state index contributed by atoms with van der Waals surface area (Å²) in [6.45, 7) is 4.69. The van der Waals surface area contributed by atoms with Crippen LogP contribution in [0.1, 0.15) is 63.0 Å². The minimum absolute atomic E-state index is 0.0411. The maximum absolute atomic E-state index is 12.6. The fourth-order valence-electron chi connectivity index (χ4n) is 3.37. The molecule has 3 heteroatoms. The van der Waals surface area contributed by atoms with E-state index in [2.05, 4.69) is 26.0 Å². The zero-order valence-corrected chi connectivity index (χ0v) is 13.4. The van der Waals surface area contributed by atoms with Gasteiger partial charge in [-0.25, -0.2) is 0 Å². The highest BCUT2D eigenvalue weighted by Crippen LogP contribution is 2.33. The van der Waals surface area contributed by atoms with Crippen LogP contribution in [-0.4, -0.2) is 16.7 Å². The van der Waals surface area contributed by atoms with Crippen molar-refractivity contribution in [3.63, 3.8) is 0 Å². The van der Waals surface area contributed by atoms with Crippen molar-refractivity contribution in [1.29, 1.82) is 0 Å². The van der Waals surface area contributed by atoms with Crippen LogP contribution in [0.15, 0.2) is 35.4 Å². The van der Waals surface area contributed by atoms with Gasteiger partial charge in [0.15, 0.2) is 0 Å². The van der Waals surface area contributed by atoms with E-state index in [4.69, 9.17) is 0 Å². The second kappa shape index (κ2) is 6.07. The van der Waals surface area contributed by atoms with Crippen molar-refractivity contribution < 1.29 is 9.59 Å². The number of rotatable bonds is 3. The van der Waals surface area contributed by atoms with E-state index in [0.29, 0.717) is 18.9 Å². The van der Waals surface area contributed by atoms with Crippen LogP contribution in [0.3, 0.4) is 0 Å². The van der Waals surface area contributed by atoms with Crippen LogP contribution in [0.2, 0.25) is 0 Å². The molecule has 1 aliphatic heterocycles. The molecule has 0 saturated heterocycles. The number of hydrogen-bond donors (Lipinski definition) is 0. The summed E-state index contributed by atoms with van der Waals surface area (Å²) in [5, 5.41) is 0. The van der Waals surface area contributed by atoms with E-state index in [1.54, 1.807) is 0 Å². The Balaban J connectivity index is 1.83. The van der Waals surface area contributed by atoms with Gasteiger partial charge in [0.05, 0.1) is 6.54 Å². The highest BCUT2D eigenvalue weighted by atomic mass is 16.2. The molecule has 1 aliphatic carbocycles. The number of carbonyl (C=O) groups excluding carboxylic acids is 2. The van der Waals surface area contributed by atoms with E-state index in [0.717, 1.165) is 42.4 Å². The Kier molecular flexibility index (Phi) is 4.14. The van der Waals surface area contributed by atoms with Gasteiger partial charge in [0.2, 0.25) is 5.91 Å². The van der Waals surface area contributed by atoms with Crippen LogP contribution >= 0.6 is 0 Å². The number of hydrogen-bond acceptors (Lipinski definition) is 2. The van der Waals surface area contributed by atoms with Crippen molar-refractivity contribution in [1.82, 2.24) is 4.90 Å². The average Bonchev–Trinajstić information content (AvgIpc) is 2.52. The summed E-state index contributed by atoms with van der Waals surface area (Å²) >= 11 is 0. The largest absolute Gasteiger partial charge is 0.274 e. The van der Waals surface area contributed by atoms with Crippen molar-refractivity contribution >= 4 is 11.8 Å². The van der Waals surface area contributed by atoms with Crippen LogP contribution in [-0.2, 0) is 16.1 Å². The van der Waals surface area contributed by atoms with E-state index in [1.807, 2.05) is 12.1 Å². The Bertz CT molecular complexity index is 643. The molecule has 3 rings (SSSR count). The quantitative estimate of drug-likeness (QED) is 0.792. The fourth-order valence-corrected chi connectivity index (χ4v) is 3.37. The minimum Gasteiger partial charge on any atom is -0.274 e. The van der Waals surface area contributed by atoms with E-state index < -0.39 is 0 Å². The minimum atomic E-state index is -0.0547. The molecule has 0 radical (unpaired) electrons. The number of amides is 2. The summed E-state index contributed by atoms with van der Waals surface area (Å²) in [4.78, 5) is 26.4. The maximum Gasteiger partial charge on any atom is 0.256 e. The normalized spacial score (nSPS) is 19.0. The van der Waals surface area contributed by atoms with Gasteiger partial charge in [0.25, 0.3) is 5.91 Å². The molecule has 116 valence electrons. The second-order valence-corrected chi connectivity index (χ2v) is 6.65. The lowest BCUT2D eigenvalue weighted by Crippen LogP contribution is -2.41. The predicted octanol–water partition coefficient (Wildman–Crippen LogP) is 3.94. The first kappa shape index (κ1) is 15.0. The third kappa shape index (κ3) is 2.85. The van der Waals surface area contributed by atoms with Crippen molar-refractivity contribution in [3.8, 4) is 0 Å². The molecule has 0 unspecified atom stereocenters. The predicted molar refractivity (Wildman–Crippen MR) is 86.2 cm³/mol. The Morgan fingerprint density at radius 2 is 1.91 bits per heavy atom. The number of imide groups is 1. The molecule has 0 atom stereocenters. The lowest BCUT2D eigenvalue weighted by Gasteiger charge is -2.31. The van der Waals surface area contributed by atoms with Gasteiger partial charge >= 0.3 is 0 Å². The van der Waals surface area contributed by atoms with Crippen LogP contribution in [0.25, 0.3) is 0 Å². The van der Waals surface area contributed by atoms with Gasteiger partial charge in [-0.3, -0.25) is 14.5 Å². The molecule has 0 saturated carbocycles. The Hall–Kier alpha value is -1.90. The van der Waals surface area contributed by atoms with Crippen molar-refractivity contribution in [2.75, 3.05) is 0 Å². The topological polar surface area (TPSA) is 37.4 Å². The maximum atomic E-state index is 12.6. The molecule has 0 bridgehead atoms. The number of benzene rings is 1. The highest BCUT2D eigenvalue weighted by molar-refractivity contribution is 6.08. The molecular weight excluding hydrogens is 274 g/mol. The molecule has 2 amide bonds. The van der Waals surface area contributed by atoms with Crippen molar-refractivity contribution in [2.24, 2.45) is 0 Å². The number of nitrogens with zero attached hydrogens (tertiary/aromatic N) is 1. The molecule has 2 aliphatic rings. The number of carbonyl (C=O) groups is 2. The molecule has 0 aromatic heterocycles. The molecule has 1 aromatic rings. The average molecular weight is 297 g/mol. The summed E-state index contributed by atoms with van der Waals surface area (Å²) < 4.78 is 0.